The molecule has 0 aliphatic heterocycles. The molecule has 0 bridgehead atoms. The Balaban J connectivity index is 1.66. The Kier molecular flexibility index (Phi) is 3.76. The van der Waals surface area contributed by atoms with E-state index in [0.717, 1.165) is 0 Å². The van der Waals surface area contributed by atoms with Gasteiger partial charge in [0.05, 0.1) is 0 Å². The van der Waals surface area contributed by atoms with E-state index in [-0.39, 0.29) is 0 Å². The molecule has 0 fully saturated rings. The fourth-order valence-electron chi connectivity index (χ4n) is 7.88. The molecule has 0 aliphatic carbocycles. The van der Waals surface area contributed by atoms with Crippen molar-refractivity contribution in [2.45, 2.75) is 0 Å². The van der Waals surface area contributed by atoms with Gasteiger partial charge in [-0.15, -0.1) is 0 Å². The molecule has 40 heavy (non-hydrogen) atoms. The number of rotatable bonds is 0. The van der Waals surface area contributed by atoms with Crippen molar-refractivity contribution in [3.63, 3.8) is 0 Å². The number of hydrogen-bond donors (Lipinski definition) is 0. The molecule has 10 aromatic carbocycles. The van der Waals surface area contributed by atoms with Crippen LogP contribution in [0, 0.1) is 0 Å². The molecule has 0 radical (unpaired) electrons. The van der Waals surface area contributed by atoms with Crippen molar-refractivity contribution >= 4 is 97.0 Å². The second-order valence-corrected chi connectivity index (χ2v) is 11.1. The van der Waals surface area contributed by atoms with Crippen molar-refractivity contribution < 1.29 is 0 Å². The van der Waals surface area contributed by atoms with Crippen molar-refractivity contribution in [2.24, 2.45) is 0 Å². The average molecular weight is 503 g/mol. The van der Waals surface area contributed by atoms with Crippen LogP contribution in [0.1, 0.15) is 0 Å². The van der Waals surface area contributed by atoms with Crippen LogP contribution in [-0.4, -0.2) is 0 Å². The van der Waals surface area contributed by atoms with Crippen LogP contribution in [-0.2, 0) is 0 Å². The van der Waals surface area contributed by atoms with E-state index in [0.29, 0.717) is 0 Å². The van der Waals surface area contributed by atoms with Crippen LogP contribution in [0.2, 0.25) is 0 Å². The Morgan fingerprint density at radius 2 is 0.325 bits per heavy atom. The molecule has 0 heterocycles. The molecule has 10 aromatic rings. The number of hydrogen-bond acceptors (Lipinski definition) is 0. The van der Waals surface area contributed by atoms with Crippen LogP contribution in [0.25, 0.3) is 97.0 Å². The minimum Gasteiger partial charge on any atom is -0.0616 e. The lowest BCUT2D eigenvalue weighted by Crippen LogP contribution is -1.93. The van der Waals surface area contributed by atoms with Crippen LogP contribution in [0.3, 0.4) is 0 Å². The summed E-state index contributed by atoms with van der Waals surface area (Å²) in [6.45, 7) is 0. The Morgan fingerprint density at radius 3 is 0.575 bits per heavy atom. The maximum atomic E-state index is 2.35. The molecule has 0 spiro atoms. The first-order chi connectivity index (χ1) is 19.9. The highest BCUT2D eigenvalue weighted by molar-refractivity contribution is 6.49. The van der Waals surface area contributed by atoms with Crippen molar-refractivity contribution in [1.82, 2.24) is 0 Å². The normalized spacial score (nSPS) is 12.5. The van der Waals surface area contributed by atoms with Crippen molar-refractivity contribution in [2.75, 3.05) is 0 Å². The molecule has 0 N–H and O–H groups in total. The molecule has 0 aliphatic rings. The van der Waals surface area contributed by atoms with Crippen LogP contribution in [0.4, 0.5) is 0 Å². The summed E-state index contributed by atoms with van der Waals surface area (Å²) in [7, 11) is 0. The van der Waals surface area contributed by atoms with Gasteiger partial charge in [-0.3, -0.25) is 0 Å². The summed E-state index contributed by atoms with van der Waals surface area (Å²) in [4.78, 5) is 0. The Hall–Kier alpha value is -5.20. The minimum absolute atomic E-state index is 1.32. The highest BCUT2D eigenvalue weighted by atomic mass is 14.2. The summed E-state index contributed by atoms with van der Waals surface area (Å²) in [6, 6.07) is 49.8. The van der Waals surface area contributed by atoms with Gasteiger partial charge in [-0.25, -0.2) is 0 Å². The lowest BCUT2D eigenvalue weighted by molar-refractivity contribution is 1.79. The summed E-state index contributed by atoms with van der Waals surface area (Å²) in [6.07, 6.45) is 0. The van der Waals surface area contributed by atoms with Crippen LogP contribution < -0.4 is 0 Å². The van der Waals surface area contributed by atoms with E-state index in [4.69, 9.17) is 0 Å². The first-order valence-electron chi connectivity index (χ1n) is 14.0. The van der Waals surface area contributed by atoms with E-state index in [1.54, 1.807) is 0 Å². The smallest absolute Gasteiger partial charge is 0.00134 e. The summed E-state index contributed by atoms with van der Waals surface area (Å²) in [5.41, 5.74) is 0. The molecule has 0 nitrogen and oxygen atoms in total. The molecule has 0 atom stereocenters. The van der Waals surface area contributed by atoms with Gasteiger partial charge in [0.1, 0.15) is 0 Å². The fourth-order valence-corrected chi connectivity index (χ4v) is 7.88. The molecular weight excluding hydrogens is 480 g/mol. The number of fused-ring (bicyclic) bond motifs is 16. The topological polar surface area (TPSA) is 0 Å². The molecular formula is C40H22. The SMILES string of the molecule is c1ccc2c(c1)c1ccccc1c1c3cccc4c5c6ccccc6c6ccccc6c5c5cccc(c21)c5c34. The molecule has 0 saturated heterocycles. The van der Waals surface area contributed by atoms with Gasteiger partial charge >= 0.3 is 0 Å². The van der Waals surface area contributed by atoms with Crippen LogP contribution in [0.5, 0.6) is 0 Å². The predicted octanol–water partition coefficient (Wildman–Crippen LogP) is 11.5. The standard InChI is InChI=1S/C40H22/c1-5-15-27-23(11-1)24-12-2-6-16-28(24)36-32-20-10-22-34-38-30-18-8-4-14-26(30)25-13-3-7-17-29(25)37(38)33-21-9-19-31(35(27)36)39(33)40(32)34/h1-22H. The largest absolute Gasteiger partial charge is 0.0616 e. The molecule has 0 amide bonds. The Bertz CT molecular complexity index is 2320. The van der Waals surface area contributed by atoms with Gasteiger partial charge in [-0.2, -0.15) is 0 Å². The van der Waals surface area contributed by atoms with Crippen molar-refractivity contribution in [1.29, 1.82) is 0 Å². The second kappa shape index (κ2) is 7.25. The summed E-state index contributed by atoms with van der Waals surface area (Å²) in [5, 5.41) is 24.2. The van der Waals surface area contributed by atoms with Crippen LogP contribution >= 0.6 is 0 Å². The summed E-state index contributed by atoms with van der Waals surface area (Å²) < 4.78 is 0. The van der Waals surface area contributed by atoms with E-state index < -0.39 is 0 Å². The van der Waals surface area contributed by atoms with Gasteiger partial charge in [-0.05, 0) is 97.0 Å². The lowest BCUT2D eigenvalue weighted by atomic mass is 9.81. The van der Waals surface area contributed by atoms with E-state index in [1.807, 2.05) is 0 Å². The van der Waals surface area contributed by atoms with Gasteiger partial charge in [0.2, 0.25) is 0 Å². The van der Waals surface area contributed by atoms with Crippen molar-refractivity contribution in [3.05, 3.63) is 133 Å². The fraction of sp³-hybridized carbons (Fsp3) is 0. The average Bonchev–Trinajstić information content (AvgIpc) is 3.03. The summed E-state index contributed by atoms with van der Waals surface area (Å²) in [5.74, 6) is 0. The van der Waals surface area contributed by atoms with Crippen molar-refractivity contribution in [3.8, 4) is 0 Å². The zero-order valence-electron chi connectivity index (χ0n) is 21.7. The number of benzene rings is 10. The van der Waals surface area contributed by atoms with Gasteiger partial charge < -0.3 is 0 Å². The molecule has 10 rings (SSSR count). The predicted molar refractivity (Wildman–Crippen MR) is 175 cm³/mol. The highest BCUT2D eigenvalue weighted by Crippen LogP contribution is 2.51. The van der Waals surface area contributed by atoms with Gasteiger partial charge in [0.25, 0.3) is 0 Å². The molecule has 182 valence electrons. The maximum absolute atomic E-state index is 2.35. The maximum Gasteiger partial charge on any atom is -0.00134 e. The molecule has 0 saturated carbocycles. The zero-order valence-corrected chi connectivity index (χ0v) is 21.7. The van der Waals surface area contributed by atoms with E-state index in [2.05, 4.69) is 133 Å². The zero-order chi connectivity index (χ0) is 25.9. The lowest BCUT2D eigenvalue weighted by Gasteiger charge is -2.21. The third-order valence-corrected chi connectivity index (χ3v) is 9.32. The minimum atomic E-state index is 1.32. The Morgan fingerprint density at radius 1 is 0.150 bits per heavy atom. The third kappa shape index (κ3) is 2.35. The van der Waals surface area contributed by atoms with E-state index >= 15 is 0 Å². The van der Waals surface area contributed by atoms with E-state index in [9.17, 15) is 0 Å². The second-order valence-electron chi connectivity index (χ2n) is 11.1. The third-order valence-electron chi connectivity index (χ3n) is 9.32. The highest BCUT2D eigenvalue weighted by Gasteiger charge is 2.22. The van der Waals surface area contributed by atoms with Gasteiger partial charge in [0, 0.05) is 0 Å². The molecule has 0 unspecified atom stereocenters. The van der Waals surface area contributed by atoms with Gasteiger partial charge in [0.15, 0.2) is 0 Å². The van der Waals surface area contributed by atoms with Gasteiger partial charge in [-0.1, -0.05) is 133 Å². The first kappa shape index (κ1) is 20.7. The first-order valence-corrected chi connectivity index (χ1v) is 14.0. The Labute approximate surface area is 230 Å². The monoisotopic (exact) mass is 502 g/mol. The molecule has 0 aromatic heterocycles. The summed E-state index contributed by atoms with van der Waals surface area (Å²) >= 11 is 0. The van der Waals surface area contributed by atoms with Crippen LogP contribution in [0.15, 0.2) is 133 Å². The quantitative estimate of drug-likeness (QED) is 0.143. The van der Waals surface area contributed by atoms with E-state index in [1.165, 1.54) is 97.0 Å². The molecule has 0 heteroatoms.